The van der Waals surface area contributed by atoms with Gasteiger partial charge < -0.3 is 11.1 Å². The van der Waals surface area contributed by atoms with E-state index in [0.29, 0.717) is 18.3 Å². The van der Waals surface area contributed by atoms with Crippen molar-refractivity contribution in [2.24, 2.45) is 5.73 Å². The van der Waals surface area contributed by atoms with E-state index < -0.39 is 0 Å². The van der Waals surface area contributed by atoms with Crippen LogP contribution in [0.5, 0.6) is 0 Å². The van der Waals surface area contributed by atoms with Crippen molar-refractivity contribution < 1.29 is 4.79 Å². The number of aromatic nitrogens is 1. The van der Waals surface area contributed by atoms with Gasteiger partial charge in [0.1, 0.15) is 10.7 Å². The lowest BCUT2D eigenvalue weighted by Crippen LogP contribution is -2.45. The van der Waals surface area contributed by atoms with Crippen molar-refractivity contribution >= 4 is 42.1 Å². The third-order valence-corrected chi connectivity index (χ3v) is 5.52. The molecule has 2 aromatic rings. The zero-order chi connectivity index (χ0) is 16.9. The van der Waals surface area contributed by atoms with Crippen LogP contribution in [0.15, 0.2) is 35.7 Å². The Balaban J connectivity index is 0.00000169. The fraction of sp³-hybridized carbons (Fsp3) is 0.444. The molecule has 1 aromatic heterocycles. The van der Waals surface area contributed by atoms with Crippen molar-refractivity contribution in [1.29, 1.82) is 0 Å². The molecule has 0 saturated carbocycles. The van der Waals surface area contributed by atoms with E-state index in [1.165, 1.54) is 16.9 Å². The van der Waals surface area contributed by atoms with Crippen LogP contribution in [0.4, 0.5) is 0 Å². The first kappa shape index (κ1) is 22.9. The van der Waals surface area contributed by atoms with Gasteiger partial charge >= 0.3 is 0 Å². The van der Waals surface area contributed by atoms with Crippen LogP contribution in [-0.4, -0.2) is 34.9 Å². The van der Waals surface area contributed by atoms with Crippen molar-refractivity contribution in [2.75, 3.05) is 13.1 Å². The van der Waals surface area contributed by atoms with Gasteiger partial charge in [-0.1, -0.05) is 30.3 Å². The van der Waals surface area contributed by atoms with Crippen LogP contribution >= 0.6 is 36.2 Å². The summed E-state index contributed by atoms with van der Waals surface area (Å²) in [5.74, 6) is -0.0829. The fourth-order valence-electron chi connectivity index (χ4n) is 3.14. The van der Waals surface area contributed by atoms with Gasteiger partial charge in [0.2, 0.25) is 0 Å². The smallest absolute Gasteiger partial charge is 0.270 e. The van der Waals surface area contributed by atoms with Gasteiger partial charge in [-0.15, -0.1) is 36.2 Å². The van der Waals surface area contributed by atoms with Crippen molar-refractivity contribution in [1.82, 2.24) is 15.2 Å². The van der Waals surface area contributed by atoms with Crippen LogP contribution in [-0.2, 0) is 6.54 Å². The number of hydrogen-bond acceptors (Lipinski definition) is 5. The summed E-state index contributed by atoms with van der Waals surface area (Å²) in [6, 6.07) is 11.2. The second-order valence-corrected chi connectivity index (χ2v) is 7.14. The minimum absolute atomic E-state index is 0. The first-order valence-electron chi connectivity index (χ1n) is 8.41. The molecule has 8 heteroatoms. The van der Waals surface area contributed by atoms with Gasteiger partial charge in [0.05, 0.1) is 0 Å². The van der Waals surface area contributed by atoms with E-state index in [4.69, 9.17) is 5.73 Å². The summed E-state index contributed by atoms with van der Waals surface area (Å²) in [6.45, 7) is 4.61. The van der Waals surface area contributed by atoms with Crippen LogP contribution in [0.2, 0.25) is 0 Å². The van der Waals surface area contributed by atoms with E-state index in [1.807, 2.05) is 6.07 Å². The third kappa shape index (κ3) is 5.66. The normalized spacial score (nSPS) is 16.2. The molecule has 0 radical (unpaired) electrons. The number of nitrogens with zero attached hydrogens (tertiary/aromatic N) is 2. The summed E-state index contributed by atoms with van der Waals surface area (Å²) < 4.78 is 0. The Kier molecular flexibility index (Phi) is 9.54. The highest BCUT2D eigenvalue weighted by Gasteiger charge is 2.25. The lowest BCUT2D eigenvalue weighted by atomic mass is 10.00. The molecule has 0 bridgehead atoms. The Bertz CT molecular complexity index is 675. The molecule has 5 nitrogen and oxygen atoms in total. The number of nitrogens with one attached hydrogen (secondary N) is 1. The minimum atomic E-state index is -0.0829. The zero-order valence-electron chi connectivity index (χ0n) is 14.8. The SMILES string of the molecule is CC(c1ccccc1)N1CCC(NC(=O)c2csc(CN)n2)CC1.Cl.Cl. The average Bonchev–Trinajstić information content (AvgIpc) is 3.12. The predicted octanol–water partition coefficient (Wildman–Crippen LogP) is 3.40. The number of thiazole rings is 1. The lowest BCUT2D eigenvalue weighted by Gasteiger charge is -2.36. The third-order valence-electron chi connectivity index (χ3n) is 4.65. The van der Waals surface area contributed by atoms with E-state index in [0.717, 1.165) is 30.9 Å². The molecule has 1 aromatic carbocycles. The van der Waals surface area contributed by atoms with Crippen molar-refractivity contribution in [3.05, 3.63) is 52.0 Å². The number of carbonyl (C=O) groups is 1. The second kappa shape index (κ2) is 10.8. The highest BCUT2D eigenvalue weighted by molar-refractivity contribution is 7.09. The molecule has 1 amide bonds. The van der Waals surface area contributed by atoms with Crippen LogP contribution in [0.3, 0.4) is 0 Å². The van der Waals surface area contributed by atoms with E-state index in [-0.39, 0.29) is 36.8 Å². The number of piperidine rings is 1. The Labute approximate surface area is 171 Å². The Hall–Kier alpha value is -1.18. The minimum Gasteiger partial charge on any atom is -0.348 e. The molecule has 0 aliphatic carbocycles. The number of halogens is 2. The van der Waals surface area contributed by atoms with E-state index in [1.54, 1.807) is 5.38 Å². The number of rotatable bonds is 5. The summed E-state index contributed by atoms with van der Waals surface area (Å²) in [5.41, 5.74) is 7.38. The Morgan fingerprint density at radius 3 is 2.54 bits per heavy atom. The summed E-state index contributed by atoms with van der Waals surface area (Å²) in [4.78, 5) is 19.0. The van der Waals surface area contributed by atoms with Gasteiger partial charge in [0, 0.05) is 37.1 Å². The Morgan fingerprint density at radius 1 is 1.31 bits per heavy atom. The van der Waals surface area contributed by atoms with Crippen LogP contribution in [0.25, 0.3) is 0 Å². The number of amides is 1. The molecule has 0 spiro atoms. The van der Waals surface area contributed by atoms with Crippen LogP contribution in [0.1, 0.15) is 46.9 Å². The van der Waals surface area contributed by atoms with Gasteiger partial charge in [-0.2, -0.15) is 0 Å². The molecule has 1 aliphatic rings. The molecule has 26 heavy (non-hydrogen) atoms. The molecular weight excluding hydrogens is 391 g/mol. The largest absolute Gasteiger partial charge is 0.348 e. The maximum absolute atomic E-state index is 12.3. The van der Waals surface area contributed by atoms with Crippen molar-refractivity contribution in [2.45, 2.75) is 38.4 Å². The van der Waals surface area contributed by atoms with Gasteiger partial charge in [-0.3, -0.25) is 9.69 Å². The van der Waals surface area contributed by atoms with Crippen LogP contribution < -0.4 is 11.1 Å². The molecule has 2 heterocycles. The van der Waals surface area contributed by atoms with Crippen molar-refractivity contribution in [3.8, 4) is 0 Å². The summed E-state index contributed by atoms with van der Waals surface area (Å²) in [7, 11) is 0. The number of hydrogen-bond donors (Lipinski definition) is 2. The number of nitrogens with two attached hydrogens (primary N) is 1. The van der Waals surface area contributed by atoms with Gasteiger partial charge in [-0.25, -0.2) is 4.98 Å². The van der Waals surface area contributed by atoms with Gasteiger partial charge in [0.15, 0.2) is 0 Å². The van der Waals surface area contributed by atoms with Crippen LogP contribution in [0, 0.1) is 0 Å². The van der Waals surface area contributed by atoms with Gasteiger partial charge in [-0.05, 0) is 25.3 Å². The van der Waals surface area contributed by atoms with Crippen molar-refractivity contribution in [3.63, 3.8) is 0 Å². The summed E-state index contributed by atoms with van der Waals surface area (Å²) in [6.07, 6.45) is 1.94. The maximum atomic E-state index is 12.3. The quantitative estimate of drug-likeness (QED) is 0.782. The molecular formula is C18H26Cl2N4OS. The Morgan fingerprint density at radius 2 is 1.96 bits per heavy atom. The average molecular weight is 417 g/mol. The maximum Gasteiger partial charge on any atom is 0.270 e. The zero-order valence-corrected chi connectivity index (χ0v) is 17.2. The highest BCUT2D eigenvalue weighted by Crippen LogP contribution is 2.24. The monoisotopic (exact) mass is 416 g/mol. The van der Waals surface area contributed by atoms with E-state index in [9.17, 15) is 4.79 Å². The molecule has 1 atom stereocenters. The number of likely N-dealkylation sites (tertiary alicyclic amines) is 1. The molecule has 3 rings (SSSR count). The number of benzene rings is 1. The predicted molar refractivity (Wildman–Crippen MR) is 111 cm³/mol. The molecule has 144 valence electrons. The molecule has 1 unspecified atom stereocenters. The number of carbonyl (C=O) groups excluding carboxylic acids is 1. The fourth-order valence-corrected chi connectivity index (χ4v) is 3.80. The standard InChI is InChI=1S/C18H24N4OS.2ClH/c1-13(14-5-3-2-4-6-14)22-9-7-15(8-10-22)20-18(23)16-12-24-17(11-19)21-16;;/h2-6,12-13,15H,7-11,19H2,1H3,(H,20,23);2*1H. The summed E-state index contributed by atoms with van der Waals surface area (Å²) >= 11 is 1.44. The topological polar surface area (TPSA) is 71.2 Å². The molecule has 1 saturated heterocycles. The van der Waals surface area contributed by atoms with E-state index >= 15 is 0 Å². The lowest BCUT2D eigenvalue weighted by molar-refractivity contribution is 0.0891. The molecule has 3 N–H and O–H groups in total. The first-order chi connectivity index (χ1) is 11.7. The molecule has 1 aliphatic heterocycles. The first-order valence-corrected chi connectivity index (χ1v) is 9.29. The molecule has 1 fully saturated rings. The highest BCUT2D eigenvalue weighted by atomic mass is 35.5. The summed E-state index contributed by atoms with van der Waals surface area (Å²) in [5, 5.41) is 5.69. The van der Waals surface area contributed by atoms with Gasteiger partial charge in [0.25, 0.3) is 5.91 Å². The second-order valence-electron chi connectivity index (χ2n) is 6.20. The van der Waals surface area contributed by atoms with E-state index in [2.05, 4.69) is 46.4 Å².